The van der Waals surface area contributed by atoms with E-state index in [9.17, 15) is 9.59 Å². The van der Waals surface area contributed by atoms with Crippen molar-refractivity contribution in [2.45, 2.75) is 13.5 Å². The molecule has 6 heteroatoms. The Morgan fingerprint density at radius 1 is 1.27 bits per heavy atom. The van der Waals surface area contributed by atoms with Gasteiger partial charge in [0.15, 0.2) is 0 Å². The molecule has 22 heavy (non-hydrogen) atoms. The number of imide groups is 1. The van der Waals surface area contributed by atoms with E-state index >= 15 is 0 Å². The lowest BCUT2D eigenvalue weighted by atomic mass is 10.1. The maximum Gasteiger partial charge on any atom is 0.329 e. The van der Waals surface area contributed by atoms with Gasteiger partial charge in [0.1, 0.15) is 5.70 Å². The molecule has 3 amide bonds. The van der Waals surface area contributed by atoms with Crippen LogP contribution in [-0.4, -0.2) is 16.8 Å². The van der Waals surface area contributed by atoms with Gasteiger partial charge in [0.25, 0.3) is 5.91 Å². The molecular weight excluding hydrogens is 320 g/mol. The quantitative estimate of drug-likeness (QED) is 0.686. The van der Waals surface area contributed by atoms with E-state index in [1.807, 2.05) is 37.3 Å². The van der Waals surface area contributed by atoms with Crippen molar-refractivity contribution in [3.63, 3.8) is 0 Å². The number of hydrogen-bond acceptors (Lipinski definition) is 3. The lowest BCUT2D eigenvalue weighted by Gasteiger charge is -2.12. The van der Waals surface area contributed by atoms with Gasteiger partial charge in [-0.15, -0.1) is 11.3 Å². The summed E-state index contributed by atoms with van der Waals surface area (Å²) in [4.78, 5) is 26.4. The van der Waals surface area contributed by atoms with Gasteiger partial charge in [-0.1, -0.05) is 41.4 Å². The molecule has 1 saturated heterocycles. The lowest BCUT2D eigenvalue weighted by Crippen LogP contribution is -2.30. The largest absolute Gasteiger partial charge is 0.329 e. The Morgan fingerprint density at radius 2 is 2.09 bits per heavy atom. The van der Waals surface area contributed by atoms with Gasteiger partial charge >= 0.3 is 6.03 Å². The van der Waals surface area contributed by atoms with E-state index in [0.29, 0.717) is 4.34 Å². The Hall–Kier alpha value is -2.11. The zero-order valence-corrected chi connectivity index (χ0v) is 13.4. The van der Waals surface area contributed by atoms with E-state index in [1.54, 1.807) is 12.1 Å². The van der Waals surface area contributed by atoms with E-state index in [0.717, 1.165) is 16.0 Å². The van der Waals surface area contributed by atoms with E-state index in [2.05, 4.69) is 5.32 Å². The summed E-state index contributed by atoms with van der Waals surface area (Å²) in [7, 11) is 0. The van der Waals surface area contributed by atoms with E-state index < -0.39 is 6.03 Å². The zero-order chi connectivity index (χ0) is 15.7. The fraction of sp³-hybridized carbons (Fsp3) is 0.125. The maximum absolute atomic E-state index is 12.4. The Morgan fingerprint density at radius 3 is 2.77 bits per heavy atom. The summed E-state index contributed by atoms with van der Waals surface area (Å²) in [5, 5.41) is 2.61. The van der Waals surface area contributed by atoms with Gasteiger partial charge in [0.05, 0.1) is 10.9 Å². The first kappa shape index (κ1) is 14.8. The number of rotatable bonds is 3. The molecule has 0 atom stereocenters. The van der Waals surface area contributed by atoms with Crippen LogP contribution in [-0.2, 0) is 11.3 Å². The second kappa shape index (κ2) is 5.94. The highest BCUT2D eigenvalue weighted by molar-refractivity contribution is 7.17. The smallest absolute Gasteiger partial charge is 0.303 e. The van der Waals surface area contributed by atoms with Crippen molar-refractivity contribution in [3.05, 3.63) is 62.4 Å². The average molecular weight is 333 g/mol. The van der Waals surface area contributed by atoms with Gasteiger partial charge in [0.2, 0.25) is 0 Å². The number of hydrogen-bond donors (Lipinski definition) is 1. The first-order valence-electron chi connectivity index (χ1n) is 6.68. The number of urea groups is 1. The summed E-state index contributed by atoms with van der Waals surface area (Å²) < 4.78 is 0.639. The molecule has 1 N–H and O–H groups in total. The third-order valence-corrected chi connectivity index (χ3v) is 4.44. The molecule has 2 heterocycles. The number of benzene rings is 1. The van der Waals surface area contributed by atoms with Gasteiger partial charge in [-0.05, 0) is 30.7 Å². The van der Waals surface area contributed by atoms with Crippen LogP contribution >= 0.6 is 22.9 Å². The van der Waals surface area contributed by atoms with Crippen molar-refractivity contribution < 1.29 is 9.59 Å². The van der Waals surface area contributed by atoms with Crippen LogP contribution in [0, 0.1) is 6.92 Å². The third-order valence-electron chi connectivity index (χ3n) is 3.27. The number of carbonyl (C=O) groups is 2. The lowest BCUT2D eigenvalue weighted by molar-refractivity contribution is -0.123. The minimum atomic E-state index is -0.402. The molecule has 1 aromatic heterocycles. The van der Waals surface area contributed by atoms with Crippen molar-refractivity contribution in [2.24, 2.45) is 0 Å². The second-order valence-corrected chi connectivity index (χ2v) is 6.76. The predicted molar refractivity (Wildman–Crippen MR) is 87.6 cm³/mol. The first-order chi connectivity index (χ1) is 10.5. The Balaban J connectivity index is 1.81. The Kier molecular flexibility index (Phi) is 4.00. The maximum atomic E-state index is 12.4. The molecule has 1 aliphatic rings. The second-order valence-electron chi connectivity index (χ2n) is 5.01. The molecule has 0 unspecified atom stereocenters. The van der Waals surface area contributed by atoms with Crippen LogP contribution < -0.4 is 5.32 Å². The van der Waals surface area contributed by atoms with Crippen LogP contribution in [0.25, 0.3) is 6.08 Å². The summed E-state index contributed by atoms with van der Waals surface area (Å²) >= 11 is 7.22. The topological polar surface area (TPSA) is 49.4 Å². The summed E-state index contributed by atoms with van der Waals surface area (Å²) in [5.41, 5.74) is 2.29. The number of aryl methyl sites for hydroxylation is 1. The van der Waals surface area contributed by atoms with Crippen molar-refractivity contribution >= 4 is 41.0 Å². The molecule has 0 bridgehead atoms. The number of thiophene rings is 1. The van der Waals surface area contributed by atoms with Gasteiger partial charge in [-0.3, -0.25) is 9.69 Å². The number of amides is 3. The van der Waals surface area contributed by atoms with Crippen LogP contribution in [0.2, 0.25) is 4.34 Å². The monoisotopic (exact) mass is 332 g/mol. The summed E-state index contributed by atoms with van der Waals surface area (Å²) in [6.07, 6.45) is 1.65. The number of nitrogens with one attached hydrogen (secondary N) is 1. The van der Waals surface area contributed by atoms with Crippen LogP contribution in [0.4, 0.5) is 4.79 Å². The van der Waals surface area contributed by atoms with Crippen molar-refractivity contribution in [2.75, 3.05) is 0 Å². The molecule has 1 aromatic carbocycles. The van der Waals surface area contributed by atoms with Crippen molar-refractivity contribution in [1.29, 1.82) is 0 Å². The predicted octanol–water partition coefficient (Wildman–Crippen LogP) is 3.80. The van der Waals surface area contributed by atoms with E-state index in [1.165, 1.54) is 16.2 Å². The summed E-state index contributed by atoms with van der Waals surface area (Å²) in [6, 6.07) is 10.9. The summed E-state index contributed by atoms with van der Waals surface area (Å²) in [6.45, 7) is 2.23. The van der Waals surface area contributed by atoms with Crippen LogP contribution in [0.5, 0.6) is 0 Å². The minimum absolute atomic E-state index is 0.259. The summed E-state index contributed by atoms with van der Waals surface area (Å²) in [5.74, 6) is -0.323. The highest BCUT2D eigenvalue weighted by Crippen LogP contribution is 2.25. The number of halogens is 1. The van der Waals surface area contributed by atoms with Gasteiger partial charge in [-0.25, -0.2) is 4.79 Å². The first-order valence-corrected chi connectivity index (χ1v) is 7.88. The highest BCUT2D eigenvalue weighted by atomic mass is 35.5. The van der Waals surface area contributed by atoms with Gasteiger partial charge in [-0.2, -0.15) is 0 Å². The van der Waals surface area contributed by atoms with E-state index in [4.69, 9.17) is 11.6 Å². The van der Waals surface area contributed by atoms with Crippen molar-refractivity contribution in [1.82, 2.24) is 10.2 Å². The molecule has 112 valence electrons. The third kappa shape index (κ3) is 3.05. The SMILES string of the molecule is Cc1cccc(CN2C(=O)N/C(=C/c3ccc(Cl)s3)C2=O)c1. The molecule has 0 radical (unpaired) electrons. The molecule has 4 nitrogen and oxygen atoms in total. The minimum Gasteiger partial charge on any atom is -0.303 e. The molecular formula is C16H13ClN2O2S. The Labute approximate surface area is 137 Å². The Bertz CT molecular complexity index is 782. The van der Waals surface area contributed by atoms with Gasteiger partial charge < -0.3 is 5.32 Å². The fourth-order valence-corrected chi connectivity index (χ4v) is 3.26. The molecule has 3 rings (SSSR count). The fourth-order valence-electron chi connectivity index (χ4n) is 2.26. The average Bonchev–Trinajstić information content (AvgIpc) is 2.98. The molecule has 2 aromatic rings. The molecule has 0 aliphatic carbocycles. The molecule has 0 saturated carbocycles. The van der Waals surface area contributed by atoms with Crippen molar-refractivity contribution in [3.8, 4) is 0 Å². The van der Waals surface area contributed by atoms with Crippen LogP contribution in [0.15, 0.2) is 42.1 Å². The zero-order valence-electron chi connectivity index (χ0n) is 11.8. The standard InChI is InChI=1S/C16H13ClN2O2S/c1-10-3-2-4-11(7-10)9-19-15(20)13(18-16(19)21)8-12-5-6-14(17)22-12/h2-8H,9H2,1H3,(H,18,21)/b13-8+. The molecule has 1 fully saturated rings. The van der Waals surface area contributed by atoms with Gasteiger partial charge in [0, 0.05) is 4.88 Å². The highest BCUT2D eigenvalue weighted by Gasteiger charge is 2.33. The van der Waals surface area contributed by atoms with E-state index in [-0.39, 0.29) is 18.1 Å². The number of carbonyl (C=O) groups excluding carboxylic acids is 2. The molecule has 1 aliphatic heterocycles. The molecule has 0 spiro atoms. The van der Waals surface area contributed by atoms with Crippen LogP contribution in [0.1, 0.15) is 16.0 Å². The number of nitrogens with zero attached hydrogens (tertiary/aromatic N) is 1. The van der Waals surface area contributed by atoms with Crippen LogP contribution in [0.3, 0.4) is 0 Å². The normalized spacial score (nSPS) is 16.5.